The molecular formula is C9H15BrN2O2. The van der Waals surface area contributed by atoms with Gasteiger partial charge in [0.25, 0.3) is 0 Å². The smallest absolute Gasteiger partial charge is 0.325 e. The highest BCUT2D eigenvalue weighted by molar-refractivity contribution is 9.10. The van der Waals surface area contributed by atoms with Gasteiger partial charge in [0.1, 0.15) is 6.54 Å². The van der Waals surface area contributed by atoms with Gasteiger partial charge in [-0.25, -0.2) is 0 Å². The number of hydrogen-bond acceptors (Lipinski definition) is 2. The number of aliphatic carboxylic acids is 1. The third-order valence-electron chi connectivity index (χ3n) is 1.58. The Kier molecular flexibility index (Phi) is 5.45. The molecule has 0 aliphatic rings. The number of aromatic nitrogens is 2. The third kappa shape index (κ3) is 3.14. The topological polar surface area (TPSA) is 55.1 Å². The van der Waals surface area contributed by atoms with Crippen molar-refractivity contribution in [3.63, 3.8) is 0 Å². The number of aryl methyl sites for hydroxylation is 1. The second kappa shape index (κ2) is 5.80. The van der Waals surface area contributed by atoms with Crippen molar-refractivity contribution in [1.82, 2.24) is 9.78 Å². The summed E-state index contributed by atoms with van der Waals surface area (Å²) >= 11 is 3.31. The Morgan fingerprint density at radius 1 is 1.50 bits per heavy atom. The molecule has 0 fully saturated rings. The Balaban J connectivity index is 0.000000791. The molecule has 0 amide bonds. The first-order valence-corrected chi connectivity index (χ1v) is 5.23. The molecular weight excluding hydrogens is 248 g/mol. The second-order valence-electron chi connectivity index (χ2n) is 2.54. The average molecular weight is 263 g/mol. The maximum Gasteiger partial charge on any atom is 0.325 e. The fourth-order valence-electron chi connectivity index (χ4n) is 0.957. The summed E-state index contributed by atoms with van der Waals surface area (Å²) in [6.45, 7) is 7.57. The van der Waals surface area contributed by atoms with Crippen LogP contribution in [-0.4, -0.2) is 20.9 Å². The van der Waals surface area contributed by atoms with Gasteiger partial charge in [0.05, 0.1) is 15.9 Å². The molecule has 1 rings (SSSR count). The monoisotopic (exact) mass is 262 g/mol. The first-order valence-electron chi connectivity index (χ1n) is 4.43. The summed E-state index contributed by atoms with van der Waals surface area (Å²) in [6.07, 6.45) is 0. The van der Waals surface area contributed by atoms with E-state index in [0.29, 0.717) is 0 Å². The molecule has 1 aromatic rings. The van der Waals surface area contributed by atoms with E-state index in [0.717, 1.165) is 15.9 Å². The van der Waals surface area contributed by atoms with E-state index in [1.807, 2.05) is 27.7 Å². The molecule has 0 aliphatic carbocycles. The summed E-state index contributed by atoms with van der Waals surface area (Å²) in [6, 6.07) is 0. The number of rotatable bonds is 2. The lowest BCUT2D eigenvalue weighted by Gasteiger charge is -1.98. The number of carbonyl (C=O) groups is 1. The van der Waals surface area contributed by atoms with Gasteiger partial charge in [0.2, 0.25) is 0 Å². The quantitative estimate of drug-likeness (QED) is 0.891. The number of hydrogen-bond donors (Lipinski definition) is 1. The minimum absolute atomic E-state index is 0.0850. The highest BCUT2D eigenvalue weighted by Gasteiger charge is 2.10. The number of carboxylic acids is 1. The van der Waals surface area contributed by atoms with Crippen molar-refractivity contribution < 1.29 is 9.90 Å². The molecule has 0 saturated heterocycles. The van der Waals surface area contributed by atoms with Crippen molar-refractivity contribution in [3.05, 3.63) is 15.9 Å². The minimum atomic E-state index is -0.881. The van der Waals surface area contributed by atoms with Crippen molar-refractivity contribution in [2.45, 2.75) is 34.2 Å². The van der Waals surface area contributed by atoms with Crippen LogP contribution in [-0.2, 0) is 11.3 Å². The Morgan fingerprint density at radius 2 is 2.00 bits per heavy atom. The van der Waals surface area contributed by atoms with E-state index >= 15 is 0 Å². The van der Waals surface area contributed by atoms with Crippen LogP contribution in [0, 0.1) is 13.8 Å². The predicted molar refractivity (Wildman–Crippen MR) is 58.4 cm³/mol. The van der Waals surface area contributed by atoms with Crippen LogP contribution >= 0.6 is 15.9 Å². The zero-order chi connectivity index (χ0) is 11.3. The van der Waals surface area contributed by atoms with Crippen molar-refractivity contribution in [2.75, 3.05) is 0 Å². The summed E-state index contributed by atoms with van der Waals surface area (Å²) < 4.78 is 2.34. The highest BCUT2D eigenvalue weighted by Crippen LogP contribution is 2.19. The molecule has 0 atom stereocenters. The molecule has 0 radical (unpaired) electrons. The maximum atomic E-state index is 10.4. The molecule has 0 saturated carbocycles. The molecule has 0 bridgehead atoms. The van der Waals surface area contributed by atoms with Crippen molar-refractivity contribution in [3.8, 4) is 0 Å². The lowest BCUT2D eigenvalue weighted by molar-refractivity contribution is -0.137. The van der Waals surface area contributed by atoms with Gasteiger partial charge < -0.3 is 5.11 Å². The molecule has 80 valence electrons. The van der Waals surface area contributed by atoms with E-state index in [9.17, 15) is 4.79 Å². The van der Waals surface area contributed by atoms with E-state index in [4.69, 9.17) is 5.11 Å². The van der Waals surface area contributed by atoms with Gasteiger partial charge >= 0.3 is 5.97 Å². The van der Waals surface area contributed by atoms with Crippen LogP contribution in [0.2, 0.25) is 0 Å². The van der Waals surface area contributed by atoms with Crippen molar-refractivity contribution in [1.29, 1.82) is 0 Å². The zero-order valence-electron chi connectivity index (χ0n) is 8.83. The standard InChI is InChI=1S/C7H9BrN2O2.C2H6/c1-4-7(8)5(2)10(9-4)3-6(11)12;1-2/h3H2,1-2H3,(H,11,12);1-2H3. The van der Waals surface area contributed by atoms with Gasteiger partial charge in [-0.15, -0.1) is 0 Å². The molecule has 14 heavy (non-hydrogen) atoms. The van der Waals surface area contributed by atoms with Crippen LogP contribution < -0.4 is 0 Å². The van der Waals surface area contributed by atoms with Gasteiger partial charge in [-0.3, -0.25) is 9.48 Å². The molecule has 1 heterocycles. The molecule has 0 spiro atoms. The molecule has 1 aromatic heterocycles. The number of carboxylic acid groups (broad SMARTS) is 1. The van der Waals surface area contributed by atoms with E-state index in [-0.39, 0.29) is 6.54 Å². The third-order valence-corrected chi connectivity index (χ3v) is 2.73. The Morgan fingerprint density at radius 3 is 2.29 bits per heavy atom. The Bertz CT molecular complexity index is 321. The van der Waals surface area contributed by atoms with Crippen LogP contribution in [0.25, 0.3) is 0 Å². The van der Waals surface area contributed by atoms with Crippen LogP contribution in [0.3, 0.4) is 0 Å². The SMILES string of the molecule is CC.Cc1nn(CC(=O)O)c(C)c1Br. The highest BCUT2D eigenvalue weighted by atomic mass is 79.9. The Hall–Kier alpha value is -0.840. The summed E-state index contributed by atoms with van der Waals surface area (Å²) in [5.41, 5.74) is 1.66. The van der Waals surface area contributed by atoms with Crippen LogP contribution in [0.4, 0.5) is 0 Å². The van der Waals surface area contributed by atoms with Gasteiger partial charge in [-0.1, -0.05) is 13.8 Å². The van der Waals surface area contributed by atoms with Crippen LogP contribution in [0.5, 0.6) is 0 Å². The summed E-state index contributed by atoms with van der Waals surface area (Å²) in [7, 11) is 0. The molecule has 0 aromatic carbocycles. The number of halogens is 1. The van der Waals surface area contributed by atoms with Gasteiger partial charge in [-0.2, -0.15) is 5.10 Å². The van der Waals surface area contributed by atoms with Gasteiger partial charge in [0.15, 0.2) is 0 Å². The van der Waals surface area contributed by atoms with E-state index in [1.165, 1.54) is 4.68 Å². The van der Waals surface area contributed by atoms with Gasteiger partial charge in [-0.05, 0) is 29.8 Å². The van der Waals surface area contributed by atoms with Crippen molar-refractivity contribution >= 4 is 21.9 Å². The molecule has 5 heteroatoms. The van der Waals surface area contributed by atoms with Crippen LogP contribution in [0.15, 0.2) is 4.47 Å². The molecule has 1 N–H and O–H groups in total. The second-order valence-corrected chi connectivity index (χ2v) is 3.33. The van der Waals surface area contributed by atoms with Crippen molar-refractivity contribution in [2.24, 2.45) is 0 Å². The summed E-state index contributed by atoms with van der Waals surface area (Å²) in [4.78, 5) is 10.4. The van der Waals surface area contributed by atoms with E-state index in [2.05, 4.69) is 21.0 Å². The zero-order valence-corrected chi connectivity index (χ0v) is 10.4. The molecule has 0 unspecified atom stereocenters. The van der Waals surface area contributed by atoms with E-state index in [1.54, 1.807) is 0 Å². The molecule has 4 nitrogen and oxygen atoms in total. The maximum absolute atomic E-state index is 10.4. The predicted octanol–water partition coefficient (Wildman–Crippen LogP) is 2.37. The lowest BCUT2D eigenvalue weighted by Crippen LogP contribution is -2.11. The lowest BCUT2D eigenvalue weighted by atomic mass is 10.4. The largest absolute Gasteiger partial charge is 0.480 e. The minimum Gasteiger partial charge on any atom is -0.480 e. The fourth-order valence-corrected chi connectivity index (χ4v) is 1.24. The average Bonchev–Trinajstić information content (AvgIpc) is 2.36. The Labute approximate surface area is 92.1 Å². The first kappa shape index (κ1) is 13.2. The fraction of sp³-hybridized carbons (Fsp3) is 0.556. The summed E-state index contributed by atoms with van der Waals surface area (Å²) in [5.74, 6) is -0.881. The first-order chi connectivity index (χ1) is 6.52. The van der Waals surface area contributed by atoms with Gasteiger partial charge in [0, 0.05) is 0 Å². The summed E-state index contributed by atoms with van der Waals surface area (Å²) in [5, 5.41) is 12.6. The number of nitrogens with zero attached hydrogens (tertiary/aromatic N) is 2. The normalized spacial score (nSPS) is 9.21. The van der Waals surface area contributed by atoms with E-state index < -0.39 is 5.97 Å². The van der Waals surface area contributed by atoms with Crippen LogP contribution in [0.1, 0.15) is 25.2 Å². The molecule has 0 aliphatic heterocycles.